The summed E-state index contributed by atoms with van der Waals surface area (Å²) in [6.45, 7) is 0. The van der Waals surface area contributed by atoms with E-state index in [1.165, 1.54) is 41.6 Å². The molecule has 2 nitrogen and oxygen atoms in total. The third kappa shape index (κ3) is 2.37. The molecule has 5 aromatic rings. The number of rotatable bonds is 2. The standard InChI is InChI=1S/C22H18N2S2/c1-23-17-7-3-5-9-19(17)25-21(23)15-11-13-16(14-12-15)22-24(2)18-8-4-6-10-20(18)26-22/h3-14H,1-2H3/q+2. The highest BCUT2D eigenvalue weighted by molar-refractivity contribution is 7.21. The number of hydrogen-bond donors (Lipinski definition) is 0. The number of benzene rings is 3. The van der Waals surface area contributed by atoms with Gasteiger partial charge in [0.2, 0.25) is 11.0 Å². The van der Waals surface area contributed by atoms with Gasteiger partial charge in [0.05, 0.1) is 11.1 Å². The molecule has 0 radical (unpaired) electrons. The van der Waals surface area contributed by atoms with Gasteiger partial charge in [0, 0.05) is 12.1 Å². The molecule has 26 heavy (non-hydrogen) atoms. The fourth-order valence-electron chi connectivity index (χ4n) is 3.47. The lowest BCUT2D eigenvalue weighted by molar-refractivity contribution is -0.629. The molecule has 4 heteroatoms. The zero-order valence-corrected chi connectivity index (χ0v) is 16.3. The summed E-state index contributed by atoms with van der Waals surface area (Å²) in [6.07, 6.45) is 0. The van der Waals surface area contributed by atoms with E-state index >= 15 is 0 Å². The number of thiazole rings is 2. The molecule has 0 aliphatic rings. The van der Waals surface area contributed by atoms with Gasteiger partial charge in [-0.15, -0.1) is 0 Å². The van der Waals surface area contributed by atoms with Crippen LogP contribution < -0.4 is 9.13 Å². The maximum Gasteiger partial charge on any atom is 0.269 e. The van der Waals surface area contributed by atoms with Gasteiger partial charge in [-0.1, -0.05) is 46.9 Å². The number of nitrogens with zero attached hydrogens (tertiary/aromatic N) is 2. The molecule has 126 valence electrons. The molecule has 0 fully saturated rings. The van der Waals surface area contributed by atoms with Gasteiger partial charge in [0.15, 0.2) is 0 Å². The minimum Gasteiger partial charge on any atom is -0.184 e. The first-order chi connectivity index (χ1) is 12.7. The summed E-state index contributed by atoms with van der Waals surface area (Å²) in [5.74, 6) is 0. The van der Waals surface area contributed by atoms with Gasteiger partial charge in [-0.3, -0.25) is 0 Å². The van der Waals surface area contributed by atoms with E-state index in [-0.39, 0.29) is 0 Å². The summed E-state index contributed by atoms with van der Waals surface area (Å²) in [6, 6.07) is 26.1. The third-order valence-electron chi connectivity index (χ3n) is 4.85. The Kier molecular flexibility index (Phi) is 3.62. The van der Waals surface area contributed by atoms with Crippen molar-refractivity contribution in [1.29, 1.82) is 0 Å². The average Bonchev–Trinajstić information content (AvgIpc) is 3.20. The van der Waals surface area contributed by atoms with Crippen LogP contribution in [0.1, 0.15) is 0 Å². The second kappa shape index (κ2) is 6.01. The molecule has 0 aliphatic heterocycles. The fraction of sp³-hybridized carbons (Fsp3) is 0.0909. The lowest BCUT2D eigenvalue weighted by atomic mass is 10.1. The zero-order valence-electron chi connectivity index (χ0n) is 14.6. The number of hydrogen-bond acceptors (Lipinski definition) is 2. The van der Waals surface area contributed by atoms with Gasteiger partial charge in [-0.2, -0.15) is 9.13 Å². The Morgan fingerprint density at radius 3 is 1.31 bits per heavy atom. The Bertz CT molecular complexity index is 1150. The van der Waals surface area contributed by atoms with Crippen LogP contribution in [-0.4, -0.2) is 0 Å². The van der Waals surface area contributed by atoms with Crippen LogP contribution in [-0.2, 0) is 14.1 Å². The van der Waals surface area contributed by atoms with Crippen LogP contribution in [0.5, 0.6) is 0 Å². The molecule has 5 rings (SSSR count). The van der Waals surface area contributed by atoms with Crippen molar-refractivity contribution in [2.75, 3.05) is 0 Å². The Balaban J connectivity index is 1.60. The van der Waals surface area contributed by atoms with Crippen molar-refractivity contribution in [3.63, 3.8) is 0 Å². The fourth-order valence-corrected chi connectivity index (χ4v) is 5.77. The zero-order chi connectivity index (χ0) is 17.7. The van der Waals surface area contributed by atoms with E-state index in [4.69, 9.17) is 0 Å². The maximum absolute atomic E-state index is 2.29. The van der Waals surface area contributed by atoms with Crippen molar-refractivity contribution in [2.24, 2.45) is 14.1 Å². The predicted molar refractivity (Wildman–Crippen MR) is 110 cm³/mol. The third-order valence-corrected chi connectivity index (χ3v) is 7.39. The van der Waals surface area contributed by atoms with E-state index < -0.39 is 0 Å². The molecule has 0 atom stereocenters. The van der Waals surface area contributed by atoms with E-state index in [0.717, 1.165) is 0 Å². The normalized spacial score (nSPS) is 11.5. The molecular weight excluding hydrogens is 356 g/mol. The molecule has 0 bridgehead atoms. The van der Waals surface area contributed by atoms with Crippen molar-refractivity contribution in [3.8, 4) is 21.1 Å². The Hall–Kier alpha value is -2.56. The van der Waals surface area contributed by atoms with Gasteiger partial charge in [0.25, 0.3) is 10.0 Å². The van der Waals surface area contributed by atoms with Crippen molar-refractivity contribution < 1.29 is 9.13 Å². The SMILES string of the molecule is C[n+]1c(-c2ccc(-c3sc4ccccc4[n+]3C)cc2)sc2ccccc21. The monoisotopic (exact) mass is 374 g/mol. The van der Waals surface area contributed by atoms with Gasteiger partial charge < -0.3 is 0 Å². The minimum absolute atomic E-state index is 1.27. The number of aryl methyl sites for hydroxylation is 2. The molecule has 0 saturated heterocycles. The maximum atomic E-state index is 2.29. The van der Waals surface area contributed by atoms with Gasteiger partial charge in [-0.25, -0.2) is 0 Å². The summed E-state index contributed by atoms with van der Waals surface area (Å²) in [7, 11) is 4.29. The quantitative estimate of drug-likeness (QED) is 0.380. The lowest BCUT2D eigenvalue weighted by Gasteiger charge is -1.98. The first-order valence-electron chi connectivity index (χ1n) is 8.58. The molecule has 3 aromatic carbocycles. The van der Waals surface area contributed by atoms with Crippen LogP contribution >= 0.6 is 22.7 Å². The van der Waals surface area contributed by atoms with E-state index in [1.54, 1.807) is 0 Å². The number of aromatic nitrogens is 2. The highest BCUT2D eigenvalue weighted by atomic mass is 32.1. The van der Waals surface area contributed by atoms with Crippen LogP contribution in [0.3, 0.4) is 0 Å². The second-order valence-electron chi connectivity index (χ2n) is 6.45. The molecule has 0 saturated carbocycles. The molecule has 2 heterocycles. The van der Waals surface area contributed by atoms with E-state index in [1.807, 2.05) is 22.7 Å². The predicted octanol–water partition coefficient (Wildman–Crippen LogP) is 5.10. The lowest BCUT2D eigenvalue weighted by Crippen LogP contribution is -2.28. The largest absolute Gasteiger partial charge is 0.269 e. The number of para-hydroxylation sites is 2. The summed E-state index contributed by atoms with van der Waals surface area (Å²) in [4.78, 5) is 0. The van der Waals surface area contributed by atoms with Crippen molar-refractivity contribution in [3.05, 3.63) is 72.8 Å². The summed E-state index contributed by atoms with van der Waals surface area (Å²) < 4.78 is 7.22. The molecule has 0 aliphatic carbocycles. The average molecular weight is 375 g/mol. The van der Waals surface area contributed by atoms with Crippen molar-refractivity contribution >= 4 is 43.1 Å². The molecule has 0 N–H and O–H groups in total. The first kappa shape index (κ1) is 15.7. The Morgan fingerprint density at radius 2 is 0.923 bits per heavy atom. The first-order valence-corrected chi connectivity index (χ1v) is 10.2. The topological polar surface area (TPSA) is 7.76 Å². The Morgan fingerprint density at radius 1 is 0.538 bits per heavy atom. The second-order valence-corrected chi connectivity index (χ2v) is 8.51. The van der Waals surface area contributed by atoms with Crippen LogP contribution in [0.25, 0.3) is 41.6 Å². The van der Waals surface area contributed by atoms with Gasteiger partial charge >= 0.3 is 0 Å². The van der Waals surface area contributed by atoms with Crippen LogP contribution in [0.4, 0.5) is 0 Å². The highest BCUT2D eigenvalue weighted by Gasteiger charge is 2.21. The summed E-state index contributed by atoms with van der Waals surface area (Å²) in [5.41, 5.74) is 5.10. The van der Waals surface area contributed by atoms with Gasteiger partial charge in [-0.05, 0) is 36.4 Å². The van der Waals surface area contributed by atoms with E-state index in [9.17, 15) is 0 Å². The molecule has 2 aromatic heterocycles. The molecule has 0 spiro atoms. The minimum atomic E-state index is 1.27. The molecular formula is C22H18N2S2+2. The summed E-state index contributed by atoms with van der Waals surface area (Å²) in [5, 5.41) is 2.58. The van der Waals surface area contributed by atoms with Crippen LogP contribution in [0, 0.1) is 0 Å². The number of fused-ring (bicyclic) bond motifs is 2. The van der Waals surface area contributed by atoms with Gasteiger partial charge in [0.1, 0.15) is 23.5 Å². The van der Waals surface area contributed by atoms with E-state index in [0.29, 0.717) is 0 Å². The van der Waals surface area contributed by atoms with Crippen LogP contribution in [0.2, 0.25) is 0 Å². The van der Waals surface area contributed by atoms with E-state index in [2.05, 4.69) is 96.0 Å². The van der Waals surface area contributed by atoms with Crippen molar-refractivity contribution in [1.82, 2.24) is 0 Å². The summed E-state index contributed by atoms with van der Waals surface area (Å²) >= 11 is 3.69. The van der Waals surface area contributed by atoms with Crippen molar-refractivity contribution in [2.45, 2.75) is 0 Å². The smallest absolute Gasteiger partial charge is 0.184 e. The molecule has 0 unspecified atom stereocenters. The molecule has 0 amide bonds. The Labute approximate surface area is 160 Å². The highest BCUT2D eigenvalue weighted by Crippen LogP contribution is 2.32. The van der Waals surface area contributed by atoms with Crippen LogP contribution in [0.15, 0.2) is 72.8 Å².